The maximum atomic E-state index is 13.2. The van der Waals surface area contributed by atoms with Crippen LogP contribution in [0.4, 0.5) is 26.3 Å². The molecule has 0 aliphatic rings. The molecule has 3 aromatic rings. The smallest absolute Gasteiger partial charge is 0.294 e. The number of alkyl halides is 6. The summed E-state index contributed by atoms with van der Waals surface area (Å²) in [7, 11) is 0. The van der Waals surface area contributed by atoms with E-state index in [0.717, 1.165) is 17.4 Å². The van der Waals surface area contributed by atoms with Crippen LogP contribution in [0, 0.1) is 5.92 Å². The zero-order valence-corrected chi connectivity index (χ0v) is 18.9. The van der Waals surface area contributed by atoms with Crippen molar-refractivity contribution in [2.75, 3.05) is 0 Å². The van der Waals surface area contributed by atoms with Gasteiger partial charge in [0.1, 0.15) is 6.33 Å². The van der Waals surface area contributed by atoms with Gasteiger partial charge in [-0.05, 0) is 48.2 Å². The van der Waals surface area contributed by atoms with Crippen LogP contribution in [0.15, 0.2) is 49.1 Å². The minimum atomic E-state index is -4.99. The Bertz CT molecular complexity index is 1160. The molecule has 0 radical (unpaired) electrons. The zero-order chi connectivity index (χ0) is 25.8. The molecule has 1 aromatic carbocycles. The van der Waals surface area contributed by atoms with Gasteiger partial charge in [0.15, 0.2) is 11.6 Å². The van der Waals surface area contributed by atoms with Crippen LogP contribution in [0.25, 0.3) is 23.2 Å². The van der Waals surface area contributed by atoms with E-state index < -0.39 is 29.0 Å². The Morgan fingerprint density at radius 2 is 1.60 bits per heavy atom. The quantitative estimate of drug-likeness (QED) is 0.255. The highest BCUT2D eigenvalue weighted by Gasteiger charge is 2.37. The van der Waals surface area contributed by atoms with Crippen LogP contribution in [0.2, 0.25) is 0 Å². The number of carbonyl (C=O) groups excluding carboxylic acids is 1. The average molecular weight is 496 g/mol. The maximum Gasteiger partial charge on any atom is 0.416 e. The van der Waals surface area contributed by atoms with E-state index in [2.05, 4.69) is 15.1 Å². The van der Waals surface area contributed by atoms with E-state index in [0.29, 0.717) is 30.0 Å². The lowest BCUT2D eigenvalue weighted by atomic mass is 9.98. The van der Waals surface area contributed by atoms with Gasteiger partial charge in [0.2, 0.25) is 0 Å². The molecule has 0 amide bonds. The molecule has 0 aliphatic heterocycles. The number of aromatic nitrogens is 4. The normalized spacial score (nSPS) is 12.9. The Kier molecular flexibility index (Phi) is 7.76. The highest BCUT2D eigenvalue weighted by molar-refractivity contribution is 6.24. The molecule has 3 rings (SSSR count). The van der Waals surface area contributed by atoms with Crippen molar-refractivity contribution in [3.8, 4) is 11.4 Å². The largest absolute Gasteiger partial charge is 0.416 e. The number of nitrogens with zero attached hydrogens (tertiary/aromatic N) is 4. The van der Waals surface area contributed by atoms with Crippen molar-refractivity contribution in [3.05, 3.63) is 65.7 Å². The van der Waals surface area contributed by atoms with E-state index in [1.54, 1.807) is 12.1 Å². The van der Waals surface area contributed by atoms with Gasteiger partial charge in [-0.1, -0.05) is 20.3 Å². The molecule has 0 saturated heterocycles. The van der Waals surface area contributed by atoms with Crippen LogP contribution in [0.3, 0.4) is 0 Å². The monoisotopic (exact) mass is 496 g/mol. The van der Waals surface area contributed by atoms with Crippen molar-refractivity contribution in [1.29, 1.82) is 0 Å². The third kappa shape index (κ3) is 7.00. The van der Waals surface area contributed by atoms with Crippen LogP contribution >= 0.6 is 0 Å². The van der Waals surface area contributed by atoms with Crippen molar-refractivity contribution < 1.29 is 31.1 Å². The van der Waals surface area contributed by atoms with Crippen molar-refractivity contribution in [3.63, 3.8) is 0 Å². The molecule has 2 heterocycles. The van der Waals surface area contributed by atoms with Crippen LogP contribution in [0.1, 0.15) is 49.8 Å². The number of carbonyl (C=O) groups is 1. The van der Waals surface area contributed by atoms with E-state index in [1.807, 2.05) is 13.8 Å². The SMILES string of the molecule is CC(C)CCCC(=O)/C(=C/n1cnc(-c2cc(C(F)(F)F)cc(C(F)(F)F)c2)n1)c1ccncc1. The fraction of sp³-hybridized carbons (Fsp3) is 0.333. The van der Waals surface area contributed by atoms with E-state index in [4.69, 9.17) is 0 Å². The number of halogens is 6. The van der Waals surface area contributed by atoms with Gasteiger partial charge in [0.05, 0.1) is 11.1 Å². The van der Waals surface area contributed by atoms with E-state index in [9.17, 15) is 31.1 Å². The van der Waals surface area contributed by atoms with Gasteiger partial charge in [-0.15, -0.1) is 5.10 Å². The van der Waals surface area contributed by atoms with E-state index >= 15 is 0 Å². The zero-order valence-electron chi connectivity index (χ0n) is 18.9. The molecule has 0 saturated carbocycles. The van der Waals surface area contributed by atoms with Crippen LogP contribution in [0.5, 0.6) is 0 Å². The number of ketones is 1. The molecule has 0 spiro atoms. The second kappa shape index (κ2) is 10.4. The first-order valence-corrected chi connectivity index (χ1v) is 10.7. The first kappa shape index (κ1) is 26.1. The standard InChI is InChI=1S/C24H22F6N4O/c1-15(2)4-3-5-21(35)20(16-6-8-31-9-7-16)13-34-14-32-22(33-34)17-10-18(23(25,26)27)12-19(11-17)24(28,29)30/h6-15H,3-5H2,1-2H3/b20-13+. The lowest BCUT2D eigenvalue weighted by molar-refractivity contribution is -0.143. The van der Waals surface area contributed by atoms with Gasteiger partial charge in [-0.3, -0.25) is 9.78 Å². The number of benzene rings is 1. The molecule has 0 N–H and O–H groups in total. The molecule has 0 aliphatic carbocycles. The summed E-state index contributed by atoms with van der Waals surface area (Å²) < 4.78 is 80.2. The van der Waals surface area contributed by atoms with Crippen molar-refractivity contribution >= 4 is 17.6 Å². The van der Waals surface area contributed by atoms with E-state index in [-0.39, 0.29) is 29.7 Å². The molecule has 5 nitrogen and oxygen atoms in total. The van der Waals surface area contributed by atoms with Crippen molar-refractivity contribution in [2.45, 2.75) is 45.5 Å². The van der Waals surface area contributed by atoms with Gasteiger partial charge in [-0.2, -0.15) is 26.3 Å². The highest BCUT2D eigenvalue weighted by atomic mass is 19.4. The first-order chi connectivity index (χ1) is 16.3. The topological polar surface area (TPSA) is 60.7 Å². The Morgan fingerprint density at radius 3 is 2.14 bits per heavy atom. The summed E-state index contributed by atoms with van der Waals surface area (Å²) >= 11 is 0. The van der Waals surface area contributed by atoms with Crippen molar-refractivity contribution in [2.24, 2.45) is 5.92 Å². The molecule has 35 heavy (non-hydrogen) atoms. The van der Waals surface area contributed by atoms with Crippen LogP contribution in [-0.4, -0.2) is 25.5 Å². The van der Waals surface area contributed by atoms with Gasteiger partial charge in [0, 0.05) is 36.2 Å². The molecule has 11 heteroatoms. The number of allylic oxidation sites excluding steroid dienone is 1. The average Bonchev–Trinajstić information content (AvgIpc) is 3.25. The second-order valence-corrected chi connectivity index (χ2v) is 8.33. The second-order valence-electron chi connectivity index (χ2n) is 8.33. The number of Topliss-reactive ketones (excluding diaryl/α,β-unsaturated/α-hetero) is 1. The summed E-state index contributed by atoms with van der Waals surface area (Å²) in [6.45, 7) is 4.08. The molecular formula is C24H22F6N4O. The van der Waals surface area contributed by atoms with Crippen LogP contribution in [-0.2, 0) is 17.1 Å². The third-order valence-corrected chi connectivity index (χ3v) is 5.09. The molecular weight excluding hydrogens is 474 g/mol. The molecule has 0 fully saturated rings. The predicted molar refractivity (Wildman–Crippen MR) is 118 cm³/mol. The minimum Gasteiger partial charge on any atom is -0.294 e. The molecule has 0 atom stereocenters. The summed E-state index contributed by atoms with van der Waals surface area (Å²) in [6.07, 6.45) is -2.75. The third-order valence-electron chi connectivity index (χ3n) is 5.09. The molecule has 2 aromatic heterocycles. The Hall–Kier alpha value is -3.50. The molecule has 0 unspecified atom stereocenters. The van der Waals surface area contributed by atoms with Gasteiger partial charge in [-0.25, -0.2) is 9.67 Å². The Balaban J connectivity index is 2.00. The number of hydrogen-bond acceptors (Lipinski definition) is 4. The van der Waals surface area contributed by atoms with Crippen LogP contribution < -0.4 is 0 Å². The maximum absolute atomic E-state index is 13.2. The summed E-state index contributed by atoms with van der Waals surface area (Å²) in [5.74, 6) is -0.116. The lowest BCUT2D eigenvalue weighted by Crippen LogP contribution is -2.11. The first-order valence-electron chi connectivity index (χ1n) is 10.7. The summed E-state index contributed by atoms with van der Waals surface area (Å²) in [6, 6.07) is 4.38. The minimum absolute atomic E-state index is 0.0395. The predicted octanol–water partition coefficient (Wildman–Crippen LogP) is 6.77. The molecule has 0 bridgehead atoms. The summed E-state index contributed by atoms with van der Waals surface area (Å²) in [5, 5.41) is 4.01. The number of hydrogen-bond donors (Lipinski definition) is 0. The lowest BCUT2D eigenvalue weighted by Gasteiger charge is -2.13. The summed E-state index contributed by atoms with van der Waals surface area (Å²) in [4.78, 5) is 20.7. The molecule has 186 valence electrons. The highest BCUT2D eigenvalue weighted by Crippen LogP contribution is 2.38. The number of rotatable bonds is 8. The van der Waals surface area contributed by atoms with E-state index in [1.165, 1.54) is 18.6 Å². The Morgan fingerprint density at radius 1 is 1.00 bits per heavy atom. The van der Waals surface area contributed by atoms with Gasteiger partial charge in [0.25, 0.3) is 0 Å². The van der Waals surface area contributed by atoms with Gasteiger partial charge < -0.3 is 0 Å². The fourth-order valence-electron chi connectivity index (χ4n) is 3.33. The number of pyridine rings is 1. The van der Waals surface area contributed by atoms with Crippen molar-refractivity contribution in [1.82, 2.24) is 19.7 Å². The summed E-state index contributed by atoms with van der Waals surface area (Å²) in [5.41, 5.74) is -2.57. The van der Waals surface area contributed by atoms with Gasteiger partial charge >= 0.3 is 12.4 Å². The fourth-order valence-corrected chi connectivity index (χ4v) is 3.33. The Labute approximate surface area is 197 Å².